The molecule has 1 amide bonds. The van der Waals surface area contributed by atoms with Crippen molar-refractivity contribution in [3.63, 3.8) is 0 Å². The van der Waals surface area contributed by atoms with E-state index in [9.17, 15) is 9.59 Å². The van der Waals surface area contributed by atoms with Gasteiger partial charge in [-0.05, 0) is 18.6 Å². The minimum Gasteiger partial charge on any atom is -0.497 e. The second-order valence-corrected chi connectivity index (χ2v) is 6.14. The Morgan fingerprint density at radius 3 is 2.68 bits per heavy atom. The molecule has 1 aromatic carbocycles. The minimum absolute atomic E-state index is 0.0368. The van der Waals surface area contributed by atoms with Crippen LogP contribution in [0.3, 0.4) is 0 Å². The average molecular weight is 350 g/mol. The quantitative estimate of drug-likeness (QED) is 0.487. The number of esters is 1. The SMILES string of the molecule is COC(=O)CCCNC(=O)C[NH+]1CCN(c2cccc(OC)c2)CC1. The van der Waals surface area contributed by atoms with E-state index < -0.39 is 0 Å². The Balaban J connectivity index is 1.67. The fraction of sp³-hybridized carbons (Fsp3) is 0.556. The standard InChI is InChI=1S/C18H27N3O4/c1-24-16-6-3-5-15(13-16)21-11-9-20(10-12-21)14-17(22)19-8-4-7-18(23)25-2/h3,5-6,13H,4,7-12,14H2,1-2H3,(H,19,22)/p+1. The van der Waals surface area contributed by atoms with Crippen molar-refractivity contribution >= 4 is 17.6 Å². The van der Waals surface area contributed by atoms with Gasteiger partial charge in [0.1, 0.15) is 5.75 Å². The molecule has 1 aromatic rings. The van der Waals surface area contributed by atoms with Gasteiger partial charge in [0.05, 0.1) is 40.4 Å². The molecule has 0 saturated carbocycles. The maximum atomic E-state index is 12.0. The Morgan fingerprint density at radius 1 is 1.24 bits per heavy atom. The van der Waals surface area contributed by atoms with E-state index in [1.54, 1.807) is 7.11 Å². The van der Waals surface area contributed by atoms with Gasteiger partial charge < -0.3 is 24.6 Å². The summed E-state index contributed by atoms with van der Waals surface area (Å²) in [4.78, 5) is 26.6. The summed E-state index contributed by atoms with van der Waals surface area (Å²) >= 11 is 0. The number of nitrogens with zero attached hydrogens (tertiary/aromatic N) is 1. The van der Waals surface area contributed by atoms with Crippen molar-refractivity contribution < 1.29 is 24.0 Å². The van der Waals surface area contributed by atoms with Crippen molar-refractivity contribution in [3.8, 4) is 5.75 Å². The predicted molar refractivity (Wildman–Crippen MR) is 95.0 cm³/mol. The van der Waals surface area contributed by atoms with E-state index in [4.69, 9.17) is 4.74 Å². The first-order chi connectivity index (χ1) is 12.1. The first kappa shape index (κ1) is 19.1. The number of quaternary nitrogens is 1. The first-order valence-corrected chi connectivity index (χ1v) is 8.68. The Hall–Kier alpha value is -2.28. The topological polar surface area (TPSA) is 72.3 Å². The molecule has 1 aliphatic rings. The summed E-state index contributed by atoms with van der Waals surface area (Å²) in [5.74, 6) is 0.654. The highest BCUT2D eigenvalue weighted by molar-refractivity contribution is 5.76. The van der Waals surface area contributed by atoms with Crippen LogP contribution < -0.4 is 19.9 Å². The molecular formula is C18H28N3O4+. The molecule has 1 fully saturated rings. The van der Waals surface area contributed by atoms with Gasteiger partial charge in [-0.1, -0.05) is 6.07 Å². The van der Waals surface area contributed by atoms with Crippen LogP contribution in [0.1, 0.15) is 12.8 Å². The molecule has 25 heavy (non-hydrogen) atoms. The number of carbonyl (C=O) groups is 2. The van der Waals surface area contributed by atoms with Crippen LogP contribution >= 0.6 is 0 Å². The summed E-state index contributed by atoms with van der Waals surface area (Å²) in [6.07, 6.45) is 0.945. The van der Waals surface area contributed by atoms with E-state index in [0.29, 0.717) is 25.9 Å². The third kappa shape index (κ3) is 6.26. The van der Waals surface area contributed by atoms with E-state index in [-0.39, 0.29) is 11.9 Å². The summed E-state index contributed by atoms with van der Waals surface area (Å²) in [6, 6.07) is 8.06. The van der Waals surface area contributed by atoms with Crippen molar-refractivity contribution in [1.29, 1.82) is 0 Å². The number of anilines is 1. The zero-order valence-electron chi connectivity index (χ0n) is 15.0. The van der Waals surface area contributed by atoms with Crippen LogP contribution in [0, 0.1) is 0 Å². The minimum atomic E-state index is -0.242. The lowest BCUT2D eigenvalue weighted by molar-refractivity contribution is -0.892. The molecule has 2 rings (SSSR count). The van der Waals surface area contributed by atoms with Crippen molar-refractivity contribution in [2.24, 2.45) is 0 Å². The van der Waals surface area contributed by atoms with Gasteiger partial charge in [-0.25, -0.2) is 0 Å². The van der Waals surface area contributed by atoms with E-state index in [1.165, 1.54) is 12.0 Å². The molecule has 7 nitrogen and oxygen atoms in total. The fourth-order valence-electron chi connectivity index (χ4n) is 2.92. The van der Waals surface area contributed by atoms with E-state index in [1.807, 2.05) is 18.2 Å². The third-order valence-electron chi connectivity index (χ3n) is 4.41. The van der Waals surface area contributed by atoms with E-state index in [0.717, 1.165) is 37.6 Å². The molecule has 0 aromatic heterocycles. The summed E-state index contributed by atoms with van der Waals surface area (Å²) < 4.78 is 9.85. The van der Waals surface area contributed by atoms with Crippen molar-refractivity contribution in [2.45, 2.75) is 12.8 Å². The Kier molecular flexibility index (Phi) is 7.53. The van der Waals surface area contributed by atoms with Crippen LogP contribution in [0.2, 0.25) is 0 Å². The van der Waals surface area contributed by atoms with Crippen LogP contribution in [-0.2, 0) is 14.3 Å². The monoisotopic (exact) mass is 350 g/mol. The molecule has 0 atom stereocenters. The predicted octanol–water partition coefficient (Wildman–Crippen LogP) is -0.530. The average Bonchev–Trinajstić information content (AvgIpc) is 2.65. The zero-order chi connectivity index (χ0) is 18.1. The zero-order valence-corrected chi connectivity index (χ0v) is 15.0. The van der Waals surface area contributed by atoms with Crippen LogP contribution in [-0.4, -0.2) is 65.4 Å². The molecule has 1 aliphatic heterocycles. The van der Waals surface area contributed by atoms with Gasteiger partial charge >= 0.3 is 5.97 Å². The van der Waals surface area contributed by atoms with Crippen LogP contribution in [0.4, 0.5) is 5.69 Å². The second kappa shape index (κ2) is 9.88. The Labute approximate surface area is 148 Å². The number of nitrogens with one attached hydrogen (secondary N) is 2. The number of ether oxygens (including phenoxy) is 2. The molecule has 0 unspecified atom stereocenters. The van der Waals surface area contributed by atoms with Crippen LogP contribution in [0.5, 0.6) is 5.75 Å². The Morgan fingerprint density at radius 2 is 2.00 bits per heavy atom. The summed E-state index contributed by atoms with van der Waals surface area (Å²) in [5, 5.41) is 2.87. The van der Waals surface area contributed by atoms with Crippen LogP contribution in [0.25, 0.3) is 0 Å². The van der Waals surface area contributed by atoms with Crippen molar-refractivity contribution in [3.05, 3.63) is 24.3 Å². The molecule has 1 saturated heterocycles. The number of rotatable bonds is 8. The molecule has 1 heterocycles. The third-order valence-corrected chi connectivity index (χ3v) is 4.41. The number of benzene rings is 1. The number of hydrogen-bond acceptors (Lipinski definition) is 5. The first-order valence-electron chi connectivity index (χ1n) is 8.68. The highest BCUT2D eigenvalue weighted by Crippen LogP contribution is 2.20. The lowest BCUT2D eigenvalue weighted by Gasteiger charge is -2.33. The molecule has 0 radical (unpaired) electrons. The lowest BCUT2D eigenvalue weighted by Crippen LogP contribution is -3.15. The highest BCUT2D eigenvalue weighted by Gasteiger charge is 2.22. The van der Waals surface area contributed by atoms with Crippen molar-refractivity contribution in [1.82, 2.24) is 5.32 Å². The molecule has 138 valence electrons. The summed E-state index contributed by atoms with van der Waals surface area (Å²) in [7, 11) is 3.04. The van der Waals surface area contributed by atoms with Gasteiger partial charge in [0, 0.05) is 24.7 Å². The van der Waals surface area contributed by atoms with Crippen molar-refractivity contribution in [2.75, 3.05) is 58.4 Å². The molecule has 2 N–H and O–H groups in total. The second-order valence-electron chi connectivity index (χ2n) is 6.14. The van der Waals surface area contributed by atoms with Gasteiger partial charge in [-0.2, -0.15) is 0 Å². The maximum Gasteiger partial charge on any atom is 0.305 e. The number of carbonyl (C=O) groups excluding carboxylic acids is 2. The van der Waals surface area contributed by atoms with Gasteiger partial charge in [-0.15, -0.1) is 0 Å². The van der Waals surface area contributed by atoms with Crippen LogP contribution in [0.15, 0.2) is 24.3 Å². The normalized spacial score (nSPS) is 14.9. The van der Waals surface area contributed by atoms with Gasteiger partial charge in [0.25, 0.3) is 5.91 Å². The molecule has 0 bridgehead atoms. The molecule has 0 aliphatic carbocycles. The van der Waals surface area contributed by atoms with E-state index >= 15 is 0 Å². The molecule has 0 spiro atoms. The number of methoxy groups -OCH3 is 2. The lowest BCUT2D eigenvalue weighted by atomic mass is 10.2. The number of piperazine rings is 1. The Bertz CT molecular complexity index is 571. The summed E-state index contributed by atoms with van der Waals surface area (Å²) in [6.45, 7) is 4.66. The van der Waals surface area contributed by atoms with E-state index in [2.05, 4.69) is 21.0 Å². The highest BCUT2D eigenvalue weighted by atomic mass is 16.5. The number of amides is 1. The maximum absolute atomic E-state index is 12.0. The molecular weight excluding hydrogens is 322 g/mol. The smallest absolute Gasteiger partial charge is 0.305 e. The number of hydrogen-bond donors (Lipinski definition) is 2. The van der Waals surface area contributed by atoms with Gasteiger partial charge in [-0.3, -0.25) is 9.59 Å². The fourth-order valence-corrected chi connectivity index (χ4v) is 2.92. The largest absolute Gasteiger partial charge is 0.497 e. The van der Waals surface area contributed by atoms with Gasteiger partial charge in [0.15, 0.2) is 6.54 Å². The van der Waals surface area contributed by atoms with Gasteiger partial charge in [0.2, 0.25) is 0 Å². The molecule has 7 heteroatoms. The summed E-state index contributed by atoms with van der Waals surface area (Å²) in [5.41, 5.74) is 1.16.